The maximum absolute atomic E-state index is 7.82. The molecule has 3 nitrogen and oxygen atoms in total. The standard InChI is InChI=1S/C10H19N3/c1-4-8(11)13-9(12)6-5-7-10(13,2)3/h11-12H,4-7H2,1-3H3. The lowest BCUT2D eigenvalue weighted by Crippen LogP contribution is -2.53. The van der Waals surface area contributed by atoms with Gasteiger partial charge in [-0.3, -0.25) is 10.8 Å². The van der Waals surface area contributed by atoms with Crippen molar-refractivity contribution in [1.82, 2.24) is 4.90 Å². The summed E-state index contributed by atoms with van der Waals surface area (Å²) in [6.45, 7) is 6.20. The largest absolute Gasteiger partial charge is 0.313 e. The third kappa shape index (κ3) is 1.90. The van der Waals surface area contributed by atoms with E-state index in [4.69, 9.17) is 10.8 Å². The van der Waals surface area contributed by atoms with Crippen LogP contribution in [0.3, 0.4) is 0 Å². The van der Waals surface area contributed by atoms with Crippen LogP contribution < -0.4 is 0 Å². The Morgan fingerprint density at radius 1 is 1.54 bits per heavy atom. The summed E-state index contributed by atoms with van der Waals surface area (Å²) in [5, 5.41) is 15.6. The summed E-state index contributed by atoms with van der Waals surface area (Å²) >= 11 is 0. The molecule has 13 heavy (non-hydrogen) atoms. The first-order valence-electron chi connectivity index (χ1n) is 4.94. The maximum Gasteiger partial charge on any atom is 0.102 e. The molecule has 1 aliphatic heterocycles. The molecular formula is C10H19N3. The molecule has 0 aromatic carbocycles. The van der Waals surface area contributed by atoms with Gasteiger partial charge in [0.2, 0.25) is 0 Å². The number of rotatable bonds is 1. The Labute approximate surface area is 80.1 Å². The molecule has 0 aromatic heterocycles. The quantitative estimate of drug-likeness (QED) is 0.474. The molecule has 0 radical (unpaired) electrons. The molecule has 1 saturated heterocycles. The predicted molar refractivity (Wildman–Crippen MR) is 55.5 cm³/mol. The molecular weight excluding hydrogens is 162 g/mol. The van der Waals surface area contributed by atoms with Crippen LogP contribution in [-0.2, 0) is 0 Å². The molecule has 1 fully saturated rings. The molecule has 1 aliphatic rings. The van der Waals surface area contributed by atoms with Crippen molar-refractivity contribution in [1.29, 1.82) is 10.8 Å². The van der Waals surface area contributed by atoms with Gasteiger partial charge in [0, 0.05) is 18.4 Å². The van der Waals surface area contributed by atoms with Crippen molar-refractivity contribution >= 4 is 11.7 Å². The fourth-order valence-electron chi connectivity index (χ4n) is 1.96. The molecule has 0 amide bonds. The summed E-state index contributed by atoms with van der Waals surface area (Å²) in [5.41, 5.74) is -0.0254. The van der Waals surface area contributed by atoms with E-state index in [1.54, 1.807) is 0 Å². The summed E-state index contributed by atoms with van der Waals surface area (Å²) in [6.07, 6.45) is 3.70. The van der Waals surface area contributed by atoms with Crippen LogP contribution >= 0.6 is 0 Å². The van der Waals surface area contributed by atoms with E-state index < -0.39 is 0 Å². The first-order chi connectivity index (χ1) is 5.99. The molecule has 0 aromatic rings. The van der Waals surface area contributed by atoms with Crippen molar-refractivity contribution in [3.05, 3.63) is 0 Å². The summed E-state index contributed by atoms with van der Waals surface area (Å²) in [4.78, 5) is 1.89. The Morgan fingerprint density at radius 3 is 2.62 bits per heavy atom. The number of nitrogens with one attached hydrogen (secondary N) is 2. The van der Waals surface area contributed by atoms with Crippen LogP contribution in [-0.4, -0.2) is 22.1 Å². The van der Waals surface area contributed by atoms with Gasteiger partial charge in [-0.05, 0) is 26.7 Å². The maximum atomic E-state index is 7.82. The van der Waals surface area contributed by atoms with Crippen LogP contribution in [0.5, 0.6) is 0 Å². The SMILES string of the molecule is CCC(=N)N1C(=N)CCCC1(C)C. The molecule has 1 rings (SSSR count). The van der Waals surface area contributed by atoms with E-state index in [1.807, 2.05) is 11.8 Å². The van der Waals surface area contributed by atoms with Gasteiger partial charge >= 0.3 is 0 Å². The van der Waals surface area contributed by atoms with E-state index in [-0.39, 0.29) is 5.54 Å². The molecule has 3 heteroatoms. The van der Waals surface area contributed by atoms with Gasteiger partial charge in [0.15, 0.2) is 0 Å². The Hall–Kier alpha value is -0.860. The van der Waals surface area contributed by atoms with Crippen LogP contribution in [0.1, 0.15) is 46.5 Å². The number of hydrogen-bond acceptors (Lipinski definition) is 2. The Bertz CT molecular complexity index is 222. The monoisotopic (exact) mass is 181 g/mol. The molecule has 0 bridgehead atoms. The van der Waals surface area contributed by atoms with Crippen LogP contribution in [0, 0.1) is 10.8 Å². The Kier molecular flexibility index (Phi) is 2.74. The number of amidine groups is 2. The second-order valence-corrected chi connectivity index (χ2v) is 4.25. The lowest BCUT2D eigenvalue weighted by molar-refractivity contribution is 0.250. The zero-order chi connectivity index (χ0) is 10.1. The zero-order valence-electron chi connectivity index (χ0n) is 8.78. The lowest BCUT2D eigenvalue weighted by Gasteiger charge is -2.44. The summed E-state index contributed by atoms with van der Waals surface area (Å²) in [7, 11) is 0. The second kappa shape index (κ2) is 3.48. The van der Waals surface area contributed by atoms with Gasteiger partial charge < -0.3 is 4.90 Å². The second-order valence-electron chi connectivity index (χ2n) is 4.25. The third-order valence-electron chi connectivity index (χ3n) is 2.68. The van der Waals surface area contributed by atoms with E-state index in [0.29, 0.717) is 18.1 Å². The predicted octanol–water partition coefficient (Wildman–Crippen LogP) is 2.62. The number of piperidine rings is 1. The van der Waals surface area contributed by atoms with Crippen LogP contribution in [0.25, 0.3) is 0 Å². The number of likely N-dealkylation sites (tertiary alicyclic amines) is 1. The third-order valence-corrected chi connectivity index (χ3v) is 2.68. The van der Waals surface area contributed by atoms with E-state index in [1.165, 1.54) is 0 Å². The summed E-state index contributed by atoms with van der Waals surface area (Å²) < 4.78 is 0. The van der Waals surface area contributed by atoms with Crippen LogP contribution in [0.15, 0.2) is 0 Å². The lowest BCUT2D eigenvalue weighted by atomic mass is 9.89. The first-order valence-corrected chi connectivity index (χ1v) is 4.94. The van der Waals surface area contributed by atoms with Crippen molar-refractivity contribution in [3.63, 3.8) is 0 Å². The fourth-order valence-corrected chi connectivity index (χ4v) is 1.96. The highest BCUT2D eigenvalue weighted by Crippen LogP contribution is 2.28. The molecule has 0 saturated carbocycles. The van der Waals surface area contributed by atoms with Gasteiger partial charge in [0.25, 0.3) is 0 Å². The van der Waals surface area contributed by atoms with Crippen molar-refractivity contribution in [2.75, 3.05) is 0 Å². The topological polar surface area (TPSA) is 50.9 Å². The van der Waals surface area contributed by atoms with Crippen LogP contribution in [0.2, 0.25) is 0 Å². The fraction of sp³-hybridized carbons (Fsp3) is 0.800. The normalized spacial score (nSPS) is 21.8. The minimum atomic E-state index is -0.0254. The Morgan fingerprint density at radius 2 is 2.15 bits per heavy atom. The van der Waals surface area contributed by atoms with Gasteiger partial charge in [-0.1, -0.05) is 6.92 Å². The smallest absolute Gasteiger partial charge is 0.102 e. The van der Waals surface area contributed by atoms with Crippen LogP contribution in [0.4, 0.5) is 0 Å². The van der Waals surface area contributed by atoms with E-state index in [2.05, 4.69) is 13.8 Å². The van der Waals surface area contributed by atoms with E-state index in [9.17, 15) is 0 Å². The highest BCUT2D eigenvalue weighted by atomic mass is 15.3. The van der Waals surface area contributed by atoms with Crippen molar-refractivity contribution in [2.45, 2.75) is 52.0 Å². The van der Waals surface area contributed by atoms with Gasteiger partial charge in [0.1, 0.15) is 11.7 Å². The molecule has 0 spiro atoms. The highest BCUT2D eigenvalue weighted by molar-refractivity contribution is 5.99. The van der Waals surface area contributed by atoms with E-state index in [0.717, 1.165) is 19.3 Å². The zero-order valence-corrected chi connectivity index (χ0v) is 8.78. The van der Waals surface area contributed by atoms with Gasteiger partial charge in [-0.2, -0.15) is 0 Å². The molecule has 74 valence electrons. The molecule has 1 heterocycles. The van der Waals surface area contributed by atoms with Gasteiger partial charge in [-0.25, -0.2) is 0 Å². The number of nitrogens with zero attached hydrogens (tertiary/aromatic N) is 1. The van der Waals surface area contributed by atoms with Gasteiger partial charge in [-0.15, -0.1) is 0 Å². The van der Waals surface area contributed by atoms with Crippen molar-refractivity contribution < 1.29 is 0 Å². The van der Waals surface area contributed by atoms with Gasteiger partial charge in [0.05, 0.1) is 0 Å². The molecule has 2 N–H and O–H groups in total. The Balaban J connectivity index is 2.87. The minimum Gasteiger partial charge on any atom is -0.313 e. The first kappa shape index (κ1) is 10.2. The molecule has 0 atom stereocenters. The minimum absolute atomic E-state index is 0.0254. The summed E-state index contributed by atoms with van der Waals surface area (Å²) in [5.74, 6) is 1.19. The number of hydrogen-bond donors (Lipinski definition) is 2. The van der Waals surface area contributed by atoms with Crippen molar-refractivity contribution in [2.24, 2.45) is 0 Å². The molecule has 0 aliphatic carbocycles. The molecule has 0 unspecified atom stereocenters. The average Bonchev–Trinajstić information content (AvgIpc) is 2.02. The van der Waals surface area contributed by atoms with E-state index >= 15 is 0 Å². The average molecular weight is 181 g/mol. The summed E-state index contributed by atoms with van der Waals surface area (Å²) in [6, 6.07) is 0. The highest BCUT2D eigenvalue weighted by Gasteiger charge is 2.34. The van der Waals surface area contributed by atoms with Crippen molar-refractivity contribution in [3.8, 4) is 0 Å².